The molecule has 0 aliphatic carbocycles. The number of aromatic nitrogens is 1. The molecule has 148 valence electrons. The molecule has 28 heavy (non-hydrogen) atoms. The van der Waals surface area contributed by atoms with E-state index in [1.54, 1.807) is 25.1 Å². The summed E-state index contributed by atoms with van der Waals surface area (Å²) in [4.78, 5) is 12.8. The molecule has 1 aromatic carbocycles. The smallest absolute Gasteiger partial charge is 0.281 e. The Morgan fingerprint density at radius 2 is 2.04 bits per heavy atom. The second-order valence-corrected chi connectivity index (χ2v) is 6.73. The minimum atomic E-state index is -0.478. The molecule has 2 aromatic rings. The number of azo groups is 1. The van der Waals surface area contributed by atoms with Crippen LogP contribution in [-0.2, 0) is 6.54 Å². The molecule has 0 unspecified atom stereocenters. The molecule has 0 radical (unpaired) electrons. The standard InChI is InChI=1S/C20H23ClN4O3/c1-4-5-6-7-10-25-19(26)15(12-22)13(2)18(20(25)27)24-23-14-8-9-17(28-3)16(21)11-14/h8-9,11,26H,4-7,10H2,1-3H3. The van der Waals surface area contributed by atoms with Gasteiger partial charge in [-0.25, -0.2) is 0 Å². The Labute approximate surface area is 168 Å². The topological polar surface area (TPSA) is 100.0 Å². The third kappa shape index (κ3) is 4.70. The Kier molecular flexibility index (Phi) is 7.59. The van der Waals surface area contributed by atoms with Crippen LogP contribution in [0.1, 0.15) is 43.7 Å². The van der Waals surface area contributed by atoms with Crippen LogP contribution in [0.5, 0.6) is 11.6 Å². The maximum atomic E-state index is 12.8. The first-order valence-electron chi connectivity index (χ1n) is 9.06. The van der Waals surface area contributed by atoms with Crippen LogP contribution in [-0.4, -0.2) is 16.8 Å². The van der Waals surface area contributed by atoms with E-state index >= 15 is 0 Å². The number of aromatic hydroxyl groups is 1. The van der Waals surface area contributed by atoms with E-state index in [0.717, 1.165) is 25.7 Å². The van der Waals surface area contributed by atoms with Crippen LogP contribution in [0.25, 0.3) is 0 Å². The van der Waals surface area contributed by atoms with Crippen molar-refractivity contribution in [1.29, 1.82) is 5.26 Å². The minimum Gasteiger partial charge on any atom is -0.495 e. The van der Waals surface area contributed by atoms with E-state index in [1.807, 2.05) is 6.07 Å². The fraction of sp³-hybridized carbons (Fsp3) is 0.400. The van der Waals surface area contributed by atoms with Crippen LogP contribution in [0.15, 0.2) is 33.2 Å². The lowest BCUT2D eigenvalue weighted by Crippen LogP contribution is -2.22. The minimum absolute atomic E-state index is 0.0248. The molecule has 0 amide bonds. The third-order valence-corrected chi connectivity index (χ3v) is 4.70. The molecule has 0 spiro atoms. The number of hydrogen-bond acceptors (Lipinski definition) is 6. The van der Waals surface area contributed by atoms with Gasteiger partial charge >= 0.3 is 0 Å². The number of rotatable bonds is 8. The van der Waals surface area contributed by atoms with Gasteiger partial charge in [-0.3, -0.25) is 9.36 Å². The third-order valence-electron chi connectivity index (χ3n) is 4.41. The van der Waals surface area contributed by atoms with E-state index in [4.69, 9.17) is 16.3 Å². The normalized spacial score (nSPS) is 11.0. The van der Waals surface area contributed by atoms with E-state index in [0.29, 0.717) is 23.0 Å². The van der Waals surface area contributed by atoms with Gasteiger partial charge in [-0.05, 0) is 31.5 Å². The lowest BCUT2D eigenvalue weighted by molar-refractivity contribution is 0.397. The number of unbranched alkanes of at least 4 members (excludes halogenated alkanes) is 3. The van der Waals surface area contributed by atoms with Gasteiger partial charge in [-0.1, -0.05) is 37.8 Å². The highest BCUT2D eigenvalue weighted by atomic mass is 35.5. The molecule has 0 aliphatic rings. The van der Waals surface area contributed by atoms with E-state index < -0.39 is 5.56 Å². The molecule has 8 heteroatoms. The lowest BCUT2D eigenvalue weighted by Gasteiger charge is -2.12. The highest BCUT2D eigenvalue weighted by Crippen LogP contribution is 2.31. The van der Waals surface area contributed by atoms with E-state index in [1.165, 1.54) is 11.7 Å². The van der Waals surface area contributed by atoms with Crippen molar-refractivity contribution in [3.05, 3.63) is 44.7 Å². The predicted molar refractivity (Wildman–Crippen MR) is 108 cm³/mol. The monoisotopic (exact) mass is 402 g/mol. The number of ether oxygens (including phenoxy) is 1. The SMILES string of the molecule is CCCCCCn1c(O)c(C#N)c(C)c(N=Nc2ccc(OC)c(Cl)c2)c1=O. The summed E-state index contributed by atoms with van der Waals surface area (Å²) in [6, 6.07) is 6.81. The Hall–Kier alpha value is -2.85. The number of pyridine rings is 1. The van der Waals surface area contributed by atoms with Crippen LogP contribution in [0.4, 0.5) is 11.4 Å². The van der Waals surface area contributed by atoms with Crippen molar-refractivity contribution < 1.29 is 9.84 Å². The van der Waals surface area contributed by atoms with Crippen molar-refractivity contribution in [2.45, 2.75) is 46.1 Å². The maximum Gasteiger partial charge on any atom is 0.281 e. The molecule has 0 bridgehead atoms. The first-order chi connectivity index (χ1) is 13.4. The molecule has 1 heterocycles. The van der Waals surface area contributed by atoms with Crippen LogP contribution >= 0.6 is 11.6 Å². The zero-order valence-corrected chi connectivity index (χ0v) is 17.0. The van der Waals surface area contributed by atoms with Gasteiger partial charge in [0.05, 0.1) is 17.8 Å². The number of hydrogen-bond donors (Lipinski definition) is 1. The van der Waals surface area contributed by atoms with Gasteiger partial charge in [0.25, 0.3) is 5.56 Å². The van der Waals surface area contributed by atoms with Gasteiger partial charge in [0, 0.05) is 12.1 Å². The summed E-state index contributed by atoms with van der Waals surface area (Å²) in [6.45, 7) is 3.97. The van der Waals surface area contributed by atoms with Gasteiger partial charge in [0.1, 0.15) is 17.4 Å². The average Bonchev–Trinajstić information content (AvgIpc) is 2.67. The Morgan fingerprint density at radius 1 is 1.29 bits per heavy atom. The van der Waals surface area contributed by atoms with Crippen molar-refractivity contribution in [2.75, 3.05) is 7.11 Å². The first kappa shape index (κ1) is 21.5. The Balaban J connectivity index is 2.44. The molecular weight excluding hydrogens is 380 g/mol. The molecular formula is C20H23ClN4O3. The van der Waals surface area contributed by atoms with Gasteiger partial charge in [0.2, 0.25) is 5.88 Å². The van der Waals surface area contributed by atoms with Gasteiger partial charge in [-0.2, -0.15) is 10.4 Å². The molecule has 0 saturated heterocycles. The molecule has 0 aliphatic heterocycles. The Morgan fingerprint density at radius 3 is 2.64 bits per heavy atom. The fourth-order valence-corrected chi connectivity index (χ4v) is 3.04. The second-order valence-electron chi connectivity index (χ2n) is 6.32. The average molecular weight is 403 g/mol. The molecule has 2 rings (SSSR count). The summed E-state index contributed by atoms with van der Waals surface area (Å²) in [5.41, 5.74) is 0.297. The van der Waals surface area contributed by atoms with Crippen LogP contribution in [0.2, 0.25) is 5.02 Å². The highest BCUT2D eigenvalue weighted by molar-refractivity contribution is 6.32. The summed E-state index contributed by atoms with van der Waals surface area (Å²) >= 11 is 6.08. The van der Waals surface area contributed by atoms with Gasteiger partial charge in [-0.15, -0.1) is 5.11 Å². The van der Waals surface area contributed by atoms with Crippen molar-refractivity contribution in [1.82, 2.24) is 4.57 Å². The van der Waals surface area contributed by atoms with Crippen molar-refractivity contribution in [3.63, 3.8) is 0 Å². The second kappa shape index (κ2) is 9.90. The quantitative estimate of drug-likeness (QED) is 0.472. The number of nitriles is 1. The summed E-state index contributed by atoms with van der Waals surface area (Å²) in [5, 5.41) is 28.2. The van der Waals surface area contributed by atoms with Crippen molar-refractivity contribution in [2.24, 2.45) is 10.2 Å². The highest BCUT2D eigenvalue weighted by Gasteiger charge is 2.19. The van der Waals surface area contributed by atoms with Crippen molar-refractivity contribution >= 4 is 23.0 Å². The lowest BCUT2D eigenvalue weighted by atomic mass is 10.1. The summed E-state index contributed by atoms with van der Waals surface area (Å²) < 4.78 is 6.28. The Bertz CT molecular complexity index is 977. The largest absolute Gasteiger partial charge is 0.495 e. The number of methoxy groups -OCH3 is 1. The van der Waals surface area contributed by atoms with Crippen LogP contribution < -0.4 is 10.3 Å². The van der Waals surface area contributed by atoms with Crippen molar-refractivity contribution in [3.8, 4) is 17.7 Å². The predicted octanol–water partition coefficient (Wildman–Crippen LogP) is 5.39. The summed E-state index contributed by atoms with van der Waals surface area (Å²) in [5.74, 6) is 0.176. The van der Waals surface area contributed by atoms with E-state index in [9.17, 15) is 15.2 Å². The summed E-state index contributed by atoms with van der Waals surface area (Å²) in [7, 11) is 1.51. The molecule has 1 aromatic heterocycles. The van der Waals surface area contributed by atoms with E-state index in [2.05, 4.69) is 17.2 Å². The first-order valence-corrected chi connectivity index (χ1v) is 9.44. The zero-order chi connectivity index (χ0) is 20.7. The van der Waals surface area contributed by atoms with Gasteiger partial charge < -0.3 is 9.84 Å². The zero-order valence-electron chi connectivity index (χ0n) is 16.2. The van der Waals surface area contributed by atoms with Crippen LogP contribution in [0, 0.1) is 18.3 Å². The number of halogens is 1. The number of nitrogens with zero attached hydrogens (tertiary/aromatic N) is 4. The molecule has 0 saturated carbocycles. The molecule has 0 atom stereocenters. The summed E-state index contributed by atoms with van der Waals surface area (Å²) in [6.07, 6.45) is 3.75. The van der Waals surface area contributed by atoms with E-state index in [-0.39, 0.29) is 22.7 Å². The molecule has 7 nitrogen and oxygen atoms in total. The van der Waals surface area contributed by atoms with Crippen LogP contribution in [0.3, 0.4) is 0 Å². The number of benzene rings is 1. The molecule has 0 fully saturated rings. The molecule has 1 N–H and O–H groups in total. The maximum absolute atomic E-state index is 12.8. The fourth-order valence-electron chi connectivity index (χ4n) is 2.79. The van der Waals surface area contributed by atoms with Gasteiger partial charge in [0.15, 0.2) is 5.69 Å².